The lowest BCUT2D eigenvalue weighted by molar-refractivity contribution is -0.148. The summed E-state index contributed by atoms with van der Waals surface area (Å²) in [7, 11) is 1.44. The number of carbonyl (C=O) groups is 1. The van der Waals surface area contributed by atoms with Crippen molar-refractivity contribution in [1.29, 1.82) is 0 Å². The zero-order valence-corrected chi connectivity index (χ0v) is 14.8. The van der Waals surface area contributed by atoms with Crippen LogP contribution in [0.3, 0.4) is 0 Å². The van der Waals surface area contributed by atoms with Gasteiger partial charge in [-0.2, -0.15) is 0 Å². The Morgan fingerprint density at radius 2 is 2.00 bits per heavy atom. The second kappa shape index (κ2) is 7.85. The number of rotatable bonds is 7. The van der Waals surface area contributed by atoms with Gasteiger partial charge in [-0.05, 0) is 64.3 Å². The first kappa shape index (κ1) is 18.1. The van der Waals surface area contributed by atoms with Crippen molar-refractivity contribution in [2.45, 2.75) is 57.5 Å². The van der Waals surface area contributed by atoms with Crippen LogP contribution in [-0.2, 0) is 9.53 Å². The Kier molecular flexibility index (Phi) is 6.75. The van der Waals surface area contributed by atoms with Crippen LogP contribution in [0.25, 0.3) is 0 Å². The highest BCUT2D eigenvalue weighted by molar-refractivity contribution is 7.99. The van der Waals surface area contributed by atoms with Crippen LogP contribution in [0.1, 0.15) is 38.3 Å². The van der Waals surface area contributed by atoms with Gasteiger partial charge in [-0.25, -0.2) is 0 Å². The number of nitrogens with one attached hydrogen (secondary N) is 1. The smallest absolute Gasteiger partial charge is 0.325 e. The zero-order chi connectivity index (χ0) is 16.0. The van der Waals surface area contributed by atoms with Crippen molar-refractivity contribution in [2.24, 2.45) is 0 Å². The number of ether oxygens (including phenoxy) is 1. The summed E-state index contributed by atoms with van der Waals surface area (Å²) < 4.78 is 4.94. The standard InChI is InChI=1S/C17H27NO2S/c1-12(2)18-17(5,16(19)20-6)9-10-21-15-8-7-13(3)14(4)11-15/h7-8,11-12,18H,9-10H2,1-6H3. The summed E-state index contributed by atoms with van der Waals surface area (Å²) in [5.41, 5.74) is 1.98. The van der Waals surface area contributed by atoms with Crippen molar-refractivity contribution in [3.05, 3.63) is 29.3 Å². The van der Waals surface area contributed by atoms with Gasteiger partial charge in [0.05, 0.1) is 7.11 Å². The summed E-state index contributed by atoms with van der Waals surface area (Å²) in [5, 5.41) is 3.33. The van der Waals surface area contributed by atoms with Crippen molar-refractivity contribution in [1.82, 2.24) is 5.32 Å². The molecule has 0 bridgehead atoms. The van der Waals surface area contributed by atoms with Gasteiger partial charge >= 0.3 is 5.97 Å². The number of benzene rings is 1. The molecule has 0 saturated heterocycles. The number of hydrogen-bond acceptors (Lipinski definition) is 4. The van der Waals surface area contributed by atoms with E-state index in [4.69, 9.17) is 4.74 Å². The van der Waals surface area contributed by atoms with Crippen molar-refractivity contribution in [2.75, 3.05) is 12.9 Å². The quantitative estimate of drug-likeness (QED) is 0.615. The second-order valence-electron chi connectivity index (χ2n) is 5.97. The fourth-order valence-electron chi connectivity index (χ4n) is 2.27. The Labute approximate surface area is 132 Å². The van der Waals surface area contributed by atoms with Gasteiger partial charge in [0.15, 0.2) is 0 Å². The highest BCUT2D eigenvalue weighted by atomic mass is 32.2. The lowest BCUT2D eigenvalue weighted by atomic mass is 9.98. The van der Waals surface area contributed by atoms with Crippen LogP contribution in [0.5, 0.6) is 0 Å². The SMILES string of the molecule is COC(=O)C(C)(CCSc1ccc(C)c(C)c1)NC(C)C. The maximum absolute atomic E-state index is 12.0. The zero-order valence-electron chi connectivity index (χ0n) is 13.9. The van der Waals surface area contributed by atoms with Gasteiger partial charge in [-0.1, -0.05) is 6.07 Å². The van der Waals surface area contributed by atoms with Crippen LogP contribution in [0.15, 0.2) is 23.1 Å². The molecule has 0 saturated carbocycles. The summed E-state index contributed by atoms with van der Waals surface area (Å²) >= 11 is 1.78. The van der Waals surface area contributed by atoms with Crippen LogP contribution in [0, 0.1) is 13.8 Å². The van der Waals surface area contributed by atoms with E-state index in [1.54, 1.807) is 11.8 Å². The Bertz CT molecular complexity index is 488. The molecule has 0 fully saturated rings. The van der Waals surface area contributed by atoms with E-state index in [1.165, 1.54) is 23.1 Å². The molecule has 0 aliphatic heterocycles. The molecule has 0 amide bonds. The Hall–Kier alpha value is -1.00. The molecule has 0 aliphatic carbocycles. The molecule has 4 heteroatoms. The molecule has 1 atom stereocenters. The molecule has 118 valence electrons. The number of methoxy groups -OCH3 is 1. The van der Waals surface area contributed by atoms with Gasteiger partial charge < -0.3 is 4.74 Å². The fourth-order valence-corrected chi connectivity index (χ4v) is 3.44. The number of aryl methyl sites for hydroxylation is 2. The van der Waals surface area contributed by atoms with Gasteiger partial charge in [0.25, 0.3) is 0 Å². The first-order valence-corrected chi connectivity index (χ1v) is 8.33. The van der Waals surface area contributed by atoms with E-state index in [9.17, 15) is 4.79 Å². The lowest BCUT2D eigenvalue weighted by Gasteiger charge is -2.30. The number of hydrogen-bond donors (Lipinski definition) is 1. The maximum atomic E-state index is 12.0. The Morgan fingerprint density at radius 1 is 1.33 bits per heavy atom. The minimum atomic E-state index is -0.629. The second-order valence-corrected chi connectivity index (χ2v) is 7.14. The minimum absolute atomic E-state index is 0.197. The predicted octanol–water partition coefficient (Wildman–Crippen LogP) is 3.72. The molecule has 1 unspecified atom stereocenters. The van der Waals surface area contributed by atoms with E-state index >= 15 is 0 Å². The van der Waals surface area contributed by atoms with Crippen LogP contribution in [0.4, 0.5) is 0 Å². The summed E-state index contributed by atoms with van der Waals surface area (Å²) in [6.45, 7) is 10.2. The van der Waals surface area contributed by atoms with E-state index in [0.29, 0.717) is 0 Å². The van der Waals surface area contributed by atoms with E-state index in [1.807, 2.05) is 20.8 Å². The van der Waals surface area contributed by atoms with Gasteiger partial charge in [-0.15, -0.1) is 11.8 Å². The molecule has 21 heavy (non-hydrogen) atoms. The van der Waals surface area contributed by atoms with Gasteiger partial charge in [-0.3, -0.25) is 10.1 Å². The lowest BCUT2D eigenvalue weighted by Crippen LogP contribution is -2.53. The monoisotopic (exact) mass is 309 g/mol. The minimum Gasteiger partial charge on any atom is -0.468 e. The van der Waals surface area contributed by atoms with Crippen LogP contribution < -0.4 is 5.32 Å². The number of thioether (sulfide) groups is 1. The average Bonchev–Trinajstić information content (AvgIpc) is 2.41. The van der Waals surface area contributed by atoms with Crippen molar-refractivity contribution in [3.8, 4) is 0 Å². The van der Waals surface area contributed by atoms with Crippen LogP contribution in [-0.4, -0.2) is 30.4 Å². The van der Waals surface area contributed by atoms with E-state index in [2.05, 4.69) is 37.4 Å². The molecule has 1 N–H and O–H groups in total. The number of carbonyl (C=O) groups excluding carboxylic acids is 1. The summed E-state index contributed by atoms with van der Waals surface area (Å²) in [6.07, 6.45) is 0.732. The maximum Gasteiger partial charge on any atom is 0.325 e. The molecule has 0 aliphatic rings. The molecule has 0 radical (unpaired) electrons. The van der Waals surface area contributed by atoms with E-state index in [-0.39, 0.29) is 12.0 Å². The normalized spacial score (nSPS) is 14.0. The summed E-state index contributed by atoms with van der Waals surface area (Å²) in [5.74, 6) is 0.672. The van der Waals surface area contributed by atoms with Crippen molar-refractivity contribution < 1.29 is 9.53 Å². The topological polar surface area (TPSA) is 38.3 Å². The summed E-state index contributed by atoms with van der Waals surface area (Å²) in [4.78, 5) is 13.3. The average molecular weight is 309 g/mol. The van der Waals surface area contributed by atoms with Crippen LogP contribution in [0.2, 0.25) is 0 Å². The highest BCUT2D eigenvalue weighted by Crippen LogP contribution is 2.25. The number of esters is 1. The summed E-state index contributed by atoms with van der Waals surface area (Å²) in [6, 6.07) is 6.72. The largest absolute Gasteiger partial charge is 0.468 e. The van der Waals surface area contributed by atoms with Crippen molar-refractivity contribution >= 4 is 17.7 Å². The van der Waals surface area contributed by atoms with E-state index < -0.39 is 5.54 Å². The fraction of sp³-hybridized carbons (Fsp3) is 0.588. The van der Waals surface area contributed by atoms with Crippen LogP contribution >= 0.6 is 11.8 Å². The molecule has 0 heterocycles. The van der Waals surface area contributed by atoms with E-state index in [0.717, 1.165) is 12.2 Å². The van der Waals surface area contributed by atoms with Crippen molar-refractivity contribution in [3.63, 3.8) is 0 Å². The molecule has 1 aromatic rings. The third-order valence-corrected chi connectivity index (χ3v) is 4.59. The molecular weight excluding hydrogens is 282 g/mol. The molecule has 1 aromatic carbocycles. The molecule has 3 nitrogen and oxygen atoms in total. The van der Waals surface area contributed by atoms with Gasteiger partial charge in [0.1, 0.15) is 5.54 Å². The van der Waals surface area contributed by atoms with Gasteiger partial charge in [0.2, 0.25) is 0 Å². The third-order valence-electron chi connectivity index (χ3n) is 3.59. The molecule has 0 spiro atoms. The molecule has 0 aromatic heterocycles. The third kappa shape index (κ3) is 5.36. The predicted molar refractivity (Wildman–Crippen MR) is 89.9 cm³/mol. The molecule has 1 rings (SSSR count). The Balaban J connectivity index is 2.64. The first-order chi connectivity index (χ1) is 9.78. The van der Waals surface area contributed by atoms with Gasteiger partial charge in [0, 0.05) is 16.7 Å². The Morgan fingerprint density at radius 3 is 2.52 bits per heavy atom. The first-order valence-electron chi connectivity index (χ1n) is 7.34. The molecular formula is C17H27NO2S. The highest BCUT2D eigenvalue weighted by Gasteiger charge is 2.34.